The number of hydrogen-bond donors (Lipinski definition) is 1. The molecule has 1 fully saturated rings. The molecule has 0 bridgehead atoms. The number of amides is 1. The molecule has 1 amide bonds. The fourth-order valence-corrected chi connectivity index (χ4v) is 3.64. The smallest absolute Gasteiger partial charge is 0.433 e. The molecule has 8 nitrogen and oxygen atoms in total. The zero-order valence-electron chi connectivity index (χ0n) is 15.6. The van der Waals surface area contributed by atoms with Crippen molar-refractivity contribution >= 4 is 27.5 Å². The molecular weight excluding hydrogens is 471 g/mol. The largest absolute Gasteiger partial charge is 0.463 e. The summed E-state index contributed by atoms with van der Waals surface area (Å²) in [5.41, 5.74) is -1.38. The SMILES string of the molecule is O=C(NCCN1CCOCC1)c1nn2c(C(F)(F)F)cc(-c3ccco3)nc2c1Br. The molecular formula is C18H17BrF3N5O3. The fraction of sp³-hybridized carbons (Fsp3) is 0.389. The van der Waals surface area contributed by atoms with Crippen molar-refractivity contribution in [1.82, 2.24) is 24.8 Å². The van der Waals surface area contributed by atoms with Crippen LogP contribution in [0.15, 0.2) is 33.4 Å². The molecule has 1 N–H and O–H groups in total. The Kier molecular flexibility index (Phi) is 5.80. The van der Waals surface area contributed by atoms with Gasteiger partial charge >= 0.3 is 6.18 Å². The minimum absolute atomic E-state index is 0.0142. The zero-order chi connectivity index (χ0) is 21.3. The van der Waals surface area contributed by atoms with Gasteiger partial charge in [0.05, 0.1) is 23.9 Å². The van der Waals surface area contributed by atoms with Crippen molar-refractivity contribution in [2.45, 2.75) is 6.18 Å². The van der Waals surface area contributed by atoms with Crippen molar-refractivity contribution in [3.8, 4) is 11.5 Å². The first-order chi connectivity index (χ1) is 14.3. The fourth-order valence-electron chi connectivity index (χ4n) is 3.13. The highest BCUT2D eigenvalue weighted by atomic mass is 79.9. The number of fused-ring (bicyclic) bond motifs is 1. The molecule has 1 aliphatic rings. The lowest BCUT2D eigenvalue weighted by atomic mass is 10.2. The van der Waals surface area contributed by atoms with Crippen molar-refractivity contribution in [2.24, 2.45) is 0 Å². The van der Waals surface area contributed by atoms with Crippen LogP contribution in [0.1, 0.15) is 16.2 Å². The Morgan fingerprint density at radius 2 is 2.07 bits per heavy atom. The third-order valence-corrected chi connectivity index (χ3v) is 5.36. The van der Waals surface area contributed by atoms with Crippen LogP contribution in [0.2, 0.25) is 0 Å². The van der Waals surface area contributed by atoms with Crippen molar-refractivity contribution < 1.29 is 27.1 Å². The van der Waals surface area contributed by atoms with Crippen molar-refractivity contribution in [3.05, 3.63) is 40.3 Å². The Labute approximate surface area is 177 Å². The molecule has 0 atom stereocenters. The lowest BCUT2D eigenvalue weighted by molar-refractivity contribution is -0.142. The molecule has 4 rings (SSSR count). The summed E-state index contributed by atoms with van der Waals surface area (Å²) in [6.07, 6.45) is -3.37. The summed E-state index contributed by atoms with van der Waals surface area (Å²) < 4.78 is 52.1. The summed E-state index contributed by atoms with van der Waals surface area (Å²) in [5, 5.41) is 6.57. The van der Waals surface area contributed by atoms with Gasteiger partial charge in [-0.3, -0.25) is 9.69 Å². The van der Waals surface area contributed by atoms with Crippen LogP contribution in [0.4, 0.5) is 13.2 Å². The minimum atomic E-state index is -4.71. The number of halogens is 4. The van der Waals surface area contributed by atoms with Gasteiger partial charge in [0, 0.05) is 26.2 Å². The zero-order valence-corrected chi connectivity index (χ0v) is 17.2. The van der Waals surface area contributed by atoms with Gasteiger partial charge in [0.2, 0.25) is 0 Å². The topological polar surface area (TPSA) is 84.9 Å². The van der Waals surface area contributed by atoms with E-state index in [4.69, 9.17) is 9.15 Å². The maximum absolute atomic E-state index is 13.6. The van der Waals surface area contributed by atoms with E-state index in [0.29, 0.717) is 30.8 Å². The van der Waals surface area contributed by atoms with Crippen molar-refractivity contribution in [1.29, 1.82) is 0 Å². The average Bonchev–Trinajstić information content (AvgIpc) is 3.36. The highest BCUT2D eigenvalue weighted by molar-refractivity contribution is 9.10. The van der Waals surface area contributed by atoms with Gasteiger partial charge < -0.3 is 14.5 Å². The number of morpholine rings is 1. The maximum Gasteiger partial charge on any atom is 0.433 e. The Bertz CT molecular complexity index is 1050. The summed E-state index contributed by atoms with van der Waals surface area (Å²) in [6, 6.07) is 3.89. The maximum atomic E-state index is 13.6. The molecule has 160 valence electrons. The number of nitrogens with zero attached hydrogens (tertiary/aromatic N) is 4. The molecule has 1 saturated heterocycles. The summed E-state index contributed by atoms with van der Waals surface area (Å²) in [4.78, 5) is 18.9. The summed E-state index contributed by atoms with van der Waals surface area (Å²) in [7, 11) is 0. The molecule has 30 heavy (non-hydrogen) atoms. The predicted octanol–water partition coefficient (Wildman–Crippen LogP) is 2.83. The number of rotatable bonds is 5. The number of alkyl halides is 3. The Hall–Kier alpha value is -2.44. The van der Waals surface area contributed by atoms with Crippen LogP contribution in [-0.4, -0.2) is 64.8 Å². The summed E-state index contributed by atoms with van der Waals surface area (Å²) in [5.74, 6) is -0.416. The van der Waals surface area contributed by atoms with E-state index >= 15 is 0 Å². The van der Waals surface area contributed by atoms with Crippen LogP contribution >= 0.6 is 15.9 Å². The molecule has 0 spiro atoms. The second-order valence-electron chi connectivity index (χ2n) is 6.61. The van der Waals surface area contributed by atoms with E-state index in [1.165, 1.54) is 12.3 Å². The molecule has 3 aromatic heterocycles. The van der Waals surface area contributed by atoms with Gasteiger partial charge in [-0.1, -0.05) is 0 Å². The number of hydrogen-bond acceptors (Lipinski definition) is 6. The summed E-state index contributed by atoms with van der Waals surface area (Å²) >= 11 is 3.19. The Balaban J connectivity index is 1.62. The van der Waals surface area contributed by atoms with E-state index in [1.807, 2.05) is 0 Å². The third-order valence-electron chi connectivity index (χ3n) is 4.63. The Morgan fingerprint density at radius 1 is 1.30 bits per heavy atom. The van der Waals surface area contributed by atoms with Gasteiger partial charge in [-0.25, -0.2) is 9.50 Å². The van der Waals surface area contributed by atoms with Crippen molar-refractivity contribution in [3.63, 3.8) is 0 Å². The van der Waals surface area contributed by atoms with Gasteiger partial charge in [-0.15, -0.1) is 0 Å². The normalized spacial score (nSPS) is 15.6. The molecule has 0 radical (unpaired) electrons. The molecule has 1 aliphatic heterocycles. The molecule has 12 heteroatoms. The van der Waals surface area contributed by atoms with Crippen LogP contribution in [0.5, 0.6) is 0 Å². The van der Waals surface area contributed by atoms with Gasteiger partial charge in [-0.2, -0.15) is 18.3 Å². The third kappa shape index (κ3) is 4.20. The predicted molar refractivity (Wildman–Crippen MR) is 103 cm³/mol. The highest BCUT2D eigenvalue weighted by Crippen LogP contribution is 2.34. The number of aromatic nitrogens is 3. The number of nitrogens with one attached hydrogen (secondary N) is 1. The van der Waals surface area contributed by atoms with E-state index in [9.17, 15) is 18.0 Å². The molecule has 3 aromatic rings. The van der Waals surface area contributed by atoms with E-state index in [-0.39, 0.29) is 27.3 Å². The van der Waals surface area contributed by atoms with Gasteiger partial charge in [0.15, 0.2) is 22.8 Å². The summed E-state index contributed by atoms with van der Waals surface area (Å²) in [6.45, 7) is 3.74. The van der Waals surface area contributed by atoms with Crippen LogP contribution < -0.4 is 5.32 Å². The highest BCUT2D eigenvalue weighted by Gasteiger charge is 2.37. The van der Waals surface area contributed by atoms with E-state index in [0.717, 1.165) is 19.2 Å². The van der Waals surface area contributed by atoms with Crippen LogP contribution in [0.3, 0.4) is 0 Å². The monoisotopic (exact) mass is 487 g/mol. The quantitative estimate of drug-likeness (QED) is 0.595. The minimum Gasteiger partial charge on any atom is -0.463 e. The van der Waals surface area contributed by atoms with Crippen molar-refractivity contribution in [2.75, 3.05) is 39.4 Å². The van der Waals surface area contributed by atoms with Gasteiger partial charge in [0.25, 0.3) is 5.91 Å². The lowest BCUT2D eigenvalue weighted by Gasteiger charge is -2.26. The second kappa shape index (κ2) is 8.36. The van der Waals surface area contributed by atoms with Gasteiger partial charge in [0.1, 0.15) is 5.69 Å². The first-order valence-corrected chi connectivity index (χ1v) is 9.92. The number of furan rings is 1. The number of carbonyl (C=O) groups excluding carboxylic acids is 1. The van der Waals surface area contributed by atoms with E-state index < -0.39 is 17.8 Å². The Morgan fingerprint density at radius 3 is 2.73 bits per heavy atom. The molecule has 0 aromatic carbocycles. The molecule has 4 heterocycles. The molecule has 0 unspecified atom stereocenters. The first kappa shape index (κ1) is 20.8. The molecule has 0 saturated carbocycles. The van der Waals surface area contributed by atoms with Crippen LogP contribution in [-0.2, 0) is 10.9 Å². The average molecular weight is 488 g/mol. The van der Waals surface area contributed by atoms with Gasteiger partial charge in [-0.05, 0) is 34.1 Å². The second-order valence-corrected chi connectivity index (χ2v) is 7.40. The molecule has 0 aliphatic carbocycles. The van der Waals surface area contributed by atoms with Crippen LogP contribution in [0.25, 0.3) is 17.1 Å². The van der Waals surface area contributed by atoms with E-state index in [2.05, 4.69) is 36.2 Å². The first-order valence-electron chi connectivity index (χ1n) is 9.13. The lowest BCUT2D eigenvalue weighted by Crippen LogP contribution is -2.41. The van der Waals surface area contributed by atoms with E-state index in [1.54, 1.807) is 6.07 Å². The van der Waals surface area contributed by atoms with Crippen LogP contribution in [0, 0.1) is 0 Å². The number of ether oxygens (including phenoxy) is 1. The number of carbonyl (C=O) groups is 1. The standard InChI is InChI=1S/C18H17BrF3N5O3/c19-14-15(17(28)23-3-4-26-5-8-29-9-6-26)25-27-13(18(20,21)22)10-11(24-16(14)27)12-2-1-7-30-12/h1-2,7,10H,3-6,8-9H2,(H,23,28).